The molecule has 0 saturated heterocycles. The molecule has 4 N–H and O–H groups in total. The van der Waals surface area contributed by atoms with Crippen LogP contribution < -0.4 is 22.9 Å². The van der Waals surface area contributed by atoms with Crippen molar-refractivity contribution in [3.8, 4) is 0 Å². The standard InChI is InChI=1S/C10H14N4O2/c1-3-5-7-8(6-4-2)13(11)10(16)14(12)9(7)15/h3-6H,11-12H2,1-2H3/b5-3-,6-4-. The van der Waals surface area contributed by atoms with Gasteiger partial charge in [0.15, 0.2) is 0 Å². The third kappa shape index (κ3) is 1.77. The van der Waals surface area contributed by atoms with Gasteiger partial charge in [-0.15, -0.1) is 0 Å². The molecule has 1 aromatic rings. The van der Waals surface area contributed by atoms with E-state index < -0.39 is 11.2 Å². The first kappa shape index (κ1) is 11.8. The third-order valence-electron chi connectivity index (χ3n) is 2.05. The zero-order valence-electron chi connectivity index (χ0n) is 9.18. The van der Waals surface area contributed by atoms with E-state index in [4.69, 9.17) is 11.7 Å². The molecule has 0 aliphatic carbocycles. The number of nitrogen functional groups attached to an aromatic ring is 2. The smallest absolute Gasteiger partial charge is 0.335 e. The molecular weight excluding hydrogens is 208 g/mol. The number of rotatable bonds is 2. The maximum absolute atomic E-state index is 11.7. The molecule has 0 atom stereocenters. The van der Waals surface area contributed by atoms with E-state index in [1.807, 2.05) is 0 Å². The summed E-state index contributed by atoms with van der Waals surface area (Å²) in [6.45, 7) is 3.52. The van der Waals surface area contributed by atoms with Gasteiger partial charge in [0.05, 0.1) is 11.3 Å². The first-order valence-corrected chi connectivity index (χ1v) is 4.72. The average molecular weight is 222 g/mol. The van der Waals surface area contributed by atoms with Crippen LogP contribution in [0.5, 0.6) is 0 Å². The molecule has 0 bridgehead atoms. The van der Waals surface area contributed by atoms with E-state index in [-0.39, 0.29) is 5.56 Å². The second-order valence-electron chi connectivity index (χ2n) is 3.13. The Morgan fingerprint density at radius 1 is 1.00 bits per heavy atom. The van der Waals surface area contributed by atoms with Crippen LogP contribution in [0.25, 0.3) is 12.2 Å². The van der Waals surface area contributed by atoms with Gasteiger partial charge in [-0.05, 0) is 19.9 Å². The molecule has 6 nitrogen and oxygen atoms in total. The lowest BCUT2D eigenvalue weighted by Crippen LogP contribution is -2.49. The van der Waals surface area contributed by atoms with E-state index >= 15 is 0 Å². The van der Waals surface area contributed by atoms with Gasteiger partial charge >= 0.3 is 5.69 Å². The summed E-state index contributed by atoms with van der Waals surface area (Å²) in [5, 5.41) is 0. The molecule has 0 saturated carbocycles. The summed E-state index contributed by atoms with van der Waals surface area (Å²) in [6.07, 6.45) is 6.50. The van der Waals surface area contributed by atoms with Crippen LogP contribution in [0.15, 0.2) is 21.7 Å². The van der Waals surface area contributed by atoms with Crippen molar-refractivity contribution in [1.82, 2.24) is 9.35 Å². The minimum atomic E-state index is -0.758. The highest BCUT2D eigenvalue weighted by Crippen LogP contribution is 2.04. The molecule has 1 rings (SSSR count). The highest BCUT2D eigenvalue weighted by atomic mass is 16.2. The molecule has 16 heavy (non-hydrogen) atoms. The Bertz CT molecular complexity index is 563. The van der Waals surface area contributed by atoms with E-state index in [2.05, 4.69) is 0 Å². The van der Waals surface area contributed by atoms with Gasteiger partial charge < -0.3 is 11.7 Å². The van der Waals surface area contributed by atoms with Gasteiger partial charge in [-0.1, -0.05) is 18.2 Å². The monoisotopic (exact) mass is 222 g/mol. The number of allylic oxidation sites excluding steroid dienone is 2. The van der Waals surface area contributed by atoms with Gasteiger partial charge in [0.25, 0.3) is 5.56 Å². The number of aromatic nitrogens is 2. The molecule has 0 aliphatic rings. The summed E-state index contributed by atoms with van der Waals surface area (Å²) in [5.74, 6) is 10.9. The molecule has 1 aromatic heterocycles. The highest BCUT2D eigenvalue weighted by molar-refractivity contribution is 5.61. The molecule has 0 aromatic carbocycles. The number of hydrogen-bond donors (Lipinski definition) is 2. The van der Waals surface area contributed by atoms with Crippen molar-refractivity contribution >= 4 is 12.2 Å². The van der Waals surface area contributed by atoms with Crippen molar-refractivity contribution in [3.63, 3.8) is 0 Å². The van der Waals surface area contributed by atoms with Crippen molar-refractivity contribution in [1.29, 1.82) is 0 Å². The van der Waals surface area contributed by atoms with Gasteiger partial charge in [0, 0.05) is 0 Å². The molecule has 0 fully saturated rings. The molecule has 86 valence electrons. The van der Waals surface area contributed by atoms with Gasteiger partial charge in [-0.25, -0.2) is 9.47 Å². The van der Waals surface area contributed by atoms with Gasteiger partial charge in [0.2, 0.25) is 0 Å². The lowest BCUT2D eigenvalue weighted by atomic mass is 10.2. The summed E-state index contributed by atoms with van der Waals surface area (Å²) in [4.78, 5) is 23.2. The van der Waals surface area contributed by atoms with Crippen LogP contribution in [0, 0.1) is 0 Å². The van der Waals surface area contributed by atoms with E-state index in [9.17, 15) is 9.59 Å². The summed E-state index contributed by atoms with van der Waals surface area (Å²) < 4.78 is 1.33. The molecule has 0 unspecified atom stereocenters. The predicted molar refractivity (Wildman–Crippen MR) is 64.7 cm³/mol. The van der Waals surface area contributed by atoms with E-state index in [0.29, 0.717) is 10.4 Å². The average Bonchev–Trinajstić information content (AvgIpc) is 2.28. The first-order chi connectivity index (χ1) is 7.54. The Hall–Kier alpha value is -2.24. The zero-order valence-corrected chi connectivity index (χ0v) is 9.18. The van der Waals surface area contributed by atoms with E-state index in [0.717, 1.165) is 4.68 Å². The molecular formula is C10H14N4O2. The Balaban J connectivity index is 3.83. The van der Waals surface area contributed by atoms with Crippen LogP contribution in [0.4, 0.5) is 0 Å². The summed E-state index contributed by atoms with van der Waals surface area (Å²) in [6, 6.07) is 0. The topological polar surface area (TPSA) is 96.0 Å². The summed E-state index contributed by atoms with van der Waals surface area (Å²) in [7, 11) is 0. The fourth-order valence-corrected chi connectivity index (χ4v) is 1.33. The number of hydrogen-bond acceptors (Lipinski definition) is 4. The number of nitrogens with two attached hydrogens (primary N) is 2. The van der Waals surface area contributed by atoms with Crippen LogP contribution in [0.1, 0.15) is 25.1 Å². The van der Waals surface area contributed by atoms with Crippen molar-refractivity contribution < 1.29 is 0 Å². The molecule has 0 amide bonds. The third-order valence-corrected chi connectivity index (χ3v) is 2.05. The van der Waals surface area contributed by atoms with Crippen LogP contribution >= 0.6 is 0 Å². The largest absolute Gasteiger partial charge is 0.368 e. The predicted octanol–water partition coefficient (Wildman–Crippen LogP) is -0.496. The fourth-order valence-electron chi connectivity index (χ4n) is 1.33. The maximum Gasteiger partial charge on any atom is 0.368 e. The lowest BCUT2D eigenvalue weighted by molar-refractivity contribution is 0.740. The molecule has 1 heterocycles. The zero-order chi connectivity index (χ0) is 12.3. The summed E-state index contributed by atoms with van der Waals surface area (Å²) >= 11 is 0. The minimum absolute atomic E-state index is 0.283. The second-order valence-corrected chi connectivity index (χ2v) is 3.13. The van der Waals surface area contributed by atoms with Crippen molar-refractivity contribution in [3.05, 3.63) is 44.2 Å². The van der Waals surface area contributed by atoms with E-state index in [1.54, 1.807) is 38.2 Å². The minimum Gasteiger partial charge on any atom is -0.335 e. The van der Waals surface area contributed by atoms with Gasteiger partial charge in [0.1, 0.15) is 0 Å². The second kappa shape index (κ2) is 4.52. The van der Waals surface area contributed by atoms with Crippen molar-refractivity contribution in [2.24, 2.45) is 0 Å². The van der Waals surface area contributed by atoms with Crippen LogP contribution in [0.2, 0.25) is 0 Å². The van der Waals surface area contributed by atoms with Crippen molar-refractivity contribution in [2.45, 2.75) is 13.8 Å². The van der Waals surface area contributed by atoms with Gasteiger partial charge in [-0.3, -0.25) is 4.79 Å². The van der Waals surface area contributed by atoms with Crippen LogP contribution in [0.3, 0.4) is 0 Å². The quantitative estimate of drug-likeness (QED) is 0.659. The van der Waals surface area contributed by atoms with Gasteiger partial charge in [-0.2, -0.15) is 4.68 Å². The maximum atomic E-state index is 11.7. The fraction of sp³-hybridized carbons (Fsp3) is 0.200. The van der Waals surface area contributed by atoms with Crippen LogP contribution in [-0.4, -0.2) is 9.35 Å². The molecule has 0 aliphatic heterocycles. The van der Waals surface area contributed by atoms with Crippen LogP contribution in [-0.2, 0) is 0 Å². The molecule has 0 spiro atoms. The SMILES string of the molecule is C/C=C\c1c(/C=C\C)n(N)c(=O)n(N)c1=O. The summed E-state index contributed by atoms with van der Waals surface area (Å²) in [5.41, 5.74) is -0.716. The Morgan fingerprint density at radius 2 is 1.56 bits per heavy atom. The molecule has 6 heteroatoms. The Morgan fingerprint density at radius 3 is 2.06 bits per heavy atom. The Labute approximate surface area is 92.0 Å². The van der Waals surface area contributed by atoms with E-state index in [1.165, 1.54) is 0 Å². The Kier molecular flexibility index (Phi) is 3.34. The van der Waals surface area contributed by atoms with Crippen molar-refractivity contribution in [2.75, 3.05) is 11.7 Å². The lowest BCUT2D eigenvalue weighted by Gasteiger charge is -2.09. The number of nitrogens with zero attached hydrogens (tertiary/aromatic N) is 2. The highest BCUT2D eigenvalue weighted by Gasteiger charge is 2.11. The first-order valence-electron chi connectivity index (χ1n) is 4.72. The normalized spacial score (nSPS) is 11.6. The molecule has 0 radical (unpaired) electrons.